The summed E-state index contributed by atoms with van der Waals surface area (Å²) in [6, 6.07) is 5.21. The molecule has 0 aromatic heterocycles. The van der Waals surface area contributed by atoms with Crippen LogP contribution in [0.4, 0.5) is 5.69 Å². The largest absolute Gasteiger partial charge is 0.379 e. The number of hydrogen-bond donors (Lipinski definition) is 1. The SMILES string of the molecule is CCCCCCN(CCN1CCOCC1)C(=O)c1ccc(C)c(NS(C)(=O)=O)c1. The maximum atomic E-state index is 13.2. The number of morpholine rings is 1. The fourth-order valence-corrected chi connectivity index (χ4v) is 4.00. The van der Waals surface area contributed by atoms with Crippen LogP contribution in [0.3, 0.4) is 0 Å². The molecule has 0 bridgehead atoms. The number of unbranched alkanes of at least 4 members (excludes halogenated alkanes) is 3. The minimum absolute atomic E-state index is 0.0497. The van der Waals surface area contributed by atoms with Crippen molar-refractivity contribution in [1.29, 1.82) is 0 Å². The number of anilines is 1. The maximum Gasteiger partial charge on any atom is 0.253 e. The molecule has 29 heavy (non-hydrogen) atoms. The van der Waals surface area contributed by atoms with Gasteiger partial charge in [-0.05, 0) is 31.0 Å². The molecule has 1 aromatic rings. The van der Waals surface area contributed by atoms with Crippen molar-refractivity contribution < 1.29 is 17.9 Å². The Kier molecular flexibility index (Phi) is 9.39. The highest BCUT2D eigenvalue weighted by Crippen LogP contribution is 2.19. The van der Waals surface area contributed by atoms with Crippen LogP contribution < -0.4 is 4.72 Å². The molecule has 7 nitrogen and oxygen atoms in total. The van der Waals surface area contributed by atoms with E-state index in [-0.39, 0.29) is 5.91 Å². The number of carbonyl (C=O) groups excluding carboxylic acids is 1. The van der Waals surface area contributed by atoms with Gasteiger partial charge in [0.2, 0.25) is 10.0 Å². The van der Waals surface area contributed by atoms with Crippen molar-refractivity contribution in [2.45, 2.75) is 39.5 Å². The highest BCUT2D eigenvalue weighted by atomic mass is 32.2. The number of sulfonamides is 1. The molecule has 8 heteroatoms. The van der Waals surface area contributed by atoms with E-state index in [2.05, 4.69) is 16.5 Å². The van der Waals surface area contributed by atoms with Crippen molar-refractivity contribution in [2.75, 3.05) is 56.9 Å². The molecule has 1 N–H and O–H groups in total. The summed E-state index contributed by atoms with van der Waals surface area (Å²) in [5.41, 5.74) is 1.76. The maximum absolute atomic E-state index is 13.2. The first kappa shape index (κ1) is 23.6. The Morgan fingerprint density at radius 3 is 2.55 bits per heavy atom. The molecule has 1 amide bonds. The molecule has 164 valence electrons. The van der Waals surface area contributed by atoms with E-state index in [4.69, 9.17) is 4.74 Å². The van der Waals surface area contributed by atoms with Crippen LogP contribution >= 0.6 is 0 Å². The van der Waals surface area contributed by atoms with Crippen molar-refractivity contribution in [3.8, 4) is 0 Å². The standard InChI is InChI=1S/C21H35N3O4S/c1-4-5-6-7-10-24(12-11-23-13-15-28-16-14-23)21(25)19-9-8-18(2)20(17-19)22-29(3,26)27/h8-9,17,22H,4-7,10-16H2,1-3H3. The zero-order valence-corrected chi connectivity index (χ0v) is 18.8. The Hall–Kier alpha value is -1.64. The first-order valence-electron chi connectivity index (χ1n) is 10.5. The van der Waals surface area contributed by atoms with Gasteiger partial charge in [0.25, 0.3) is 5.91 Å². The number of benzene rings is 1. The fourth-order valence-electron chi connectivity index (χ4n) is 3.38. The normalized spacial score (nSPS) is 15.3. The Morgan fingerprint density at radius 1 is 1.17 bits per heavy atom. The Balaban J connectivity index is 2.10. The molecule has 0 aliphatic carbocycles. The van der Waals surface area contributed by atoms with Gasteiger partial charge < -0.3 is 9.64 Å². The average Bonchev–Trinajstić information content (AvgIpc) is 2.68. The van der Waals surface area contributed by atoms with Crippen molar-refractivity contribution in [1.82, 2.24) is 9.80 Å². The smallest absolute Gasteiger partial charge is 0.253 e. The number of aryl methyl sites for hydroxylation is 1. The van der Waals surface area contributed by atoms with E-state index in [9.17, 15) is 13.2 Å². The van der Waals surface area contributed by atoms with E-state index in [0.717, 1.165) is 63.9 Å². The van der Waals surface area contributed by atoms with E-state index in [1.807, 2.05) is 11.8 Å². The molecule has 0 unspecified atom stereocenters. The van der Waals surface area contributed by atoms with Crippen molar-refractivity contribution >= 4 is 21.6 Å². The van der Waals surface area contributed by atoms with Crippen LogP contribution in [0.2, 0.25) is 0 Å². The predicted octanol–water partition coefficient (Wildman–Crippen LogP) is 2.72. The van der Waals surface area contributed by atoms with Gasteiger partial charge in [-0.15, -0.1) is 0 Å². The quantitative estimate of drug-likeness (QED) is 0.552. The number of rotatable bonds is 11. The molecule has 1 heterocycles. The molecule has 2 rings (SSSR count). The van der Waals surface area contributed by atoms with Gasteiger partial charge in [0, 0.05) is 38.3 Å². The van der Waals surface area contributed by atoms with Gasteiger partial charge in [0.15, 0.2) is 0 Å². The molecule has 1 saturated heterocycles. The van der Waals surface area contributed by atoms with E-state index in [1.54, 1.807) is 18.2 Å². The number of amides is 1. The lowest BCUT2D eigenvalue weighted by molar-refractivity contribution is 0.0324. The topological polar surface area (TPSA) is 79.0 Å². The molecule has 0 spiro atoms. The van der Waals surface area contributed by atoms with Crippen molar-refractivity contribution in [3.63, 3.8) is 0 Å². The molecule has 1 aromatic carbocycles. The third-order valence-corrected chi connectivity index (χ3v) is 5.73. The summed E-state index contributed by atoms with van der Waals surface area (Å²) >= 11 is 0. The number of nitrogens with one attached hydrogen (secondary N) is 1. The van der Waals surface area contributed by atoms with Crippen LogP contribution in [0.25, 0.3) is 0 Å². The zero-order chi connectivity index (χ0) is 21.3. The molecule has 1 aliphatic rings. The van der Waals surface area contributed by atoms with Gasteiger partial charge in [-0.3, -0.25) is 14.4 Å². The fraction of sp³-hybridized carbons (Fsp3) is 0.667. The number of nitrogens with zero attached hydrogens (tertiary/aromatic N) is 2. The number of hydrogen-bond acceptors (Lipinski definition) is 5. The van der Waals surface area contributed by atoms with Crippen LogP contribution in [-0.2, 0) is 14.8 Å². The van der Waals surface area contributed by atoms with E-state index in [1.165, 1.54) is 6.42 Å². The van der Waals surface area contributed by atoms with Gasteiger partial charge in [-0.25, -0.2) is 8.42 Å². The molecular weight excluding hydrogens is 390 g/mol. The van der Waals surface area contributed by atoms with Crippen LogP contribution in [-0.4, -0.2) is 76.3 Å². The van der Waals surface area contributed by atoms with Crippen LogP contribution in [0.1, 0.15) is 48.5 Å². The van der Waals surface area contributed by atoms with E-state index in [0.29, 0.717) is 24.3 Å². The highest BCUT2D eigenvalue weighted by molar-refractivity contribution is 7.92. The summed E-state index contributed by atoms with van der Waals surface area (Å²) in [6.07, 6.45) is 5.51. The third-order valence-electron chi connectivity index (χ3n) is 5.14. The summed E-state index contributed by atoms with van der Waals surface area (Å²) in [7, 11) is -3.40. The minimum atomic E-state index is -3.40. The minimum Gasteiger partial charge on any atom is -0.379 e. The zero-order valence-electron chi connectivity index (χ0n) is 17.9. The first-order valence-corrected chi connectivity index (χ1v) is 12.4. The molecule has 0 radical (unpaired) electrons. The van der Waals surface area contributed by atoms with Gasteiger partial charge in [-0.1, -0.05) is 32.3 Å². The lowest BCUT2D eigenvalue weighted by Crippen LogP contribution is -2.43. The summed E-state index contributed by atoms with van der Waals surface area (Å²) in [6.45, 7) is 9.46. The second-order valence-corrected chi connectivity index (χ2v) is 9.46. The molecular formula is C21H35N3O4S. The molecule has 1 fully saturated rings. The summed E-state index contributed by atoms with van der Waals surface area (Å²) < 4.78 is 31.2. The molecule has 0 atom stereocenters. The highest BCUT2D eigenvalue weighted by Gasteiger charge is 2.19. The molecule has 1 aliphatic heterocycles. The second-order valence-electron chi connectivity index (χ2n) is 7.71. The second kappa shape index (κ2) is 11.5. The Bertz CT molecular complexity index is 761. The summed E-state index contributed by atoms with van der Waals surface area (Å²) in [5, 5.41) is 0. The van der Waals surface area contributed by atoms with Gasteiger partial charge in [0.1, 0.15) is 0 Å². The van der Waals surface area contributed by atoms with Gasteiger partial charge in [0.05, 0.1) is 25.2 Å². The average molecular weight is 426 g/mol. The lowest BCUT2D eigenvalue weighted by atomic mass is 10.1. The van der Waals surface area contributed by atoms with Crippen LogP contribution in [0.5, 0.6) is 0 Å². The predicted molar refractivity (Wildman–Crippen MR) is 117 cm³/mol. The van der Waals surface area contributed by atoms with Crippen molar-refractivity contribution in [2.24, 2.45) is 0 Å². The van der Waals surface area contributed by atoms with Crippen molar-refractivity contribution in [3.05, 3.63) is 29.3 Å². The Morgan fingerprint density at radius 2 is 1.90 bits per heavy atom. The number of carbonyl (C=O) groups is 1. The first-order chi connectivity index (χ1) is 13.8. The van der Waals surface area contributed by atoms with Gasteiger partial charge >= 0.3 is 0 Å². The number of ether oxygens (including phenoxy) is 1. The summed E-state index contributed by atoms with van der Waals surface area (Å²) in [5.74, 6) is -0.0497. The third kappa shape index (κ3) is 8.32. The summed E-state index contributed by atoms with van der Waals surface area (Å²) in [4.78, 5) is 17.4. The van der Waals surface area contributed by atoms with Gasteiger partial charge in [-0.2, -0.15) is 0 Å². The van der Waals surface area contributed by atoms with E-state index < -0.39 is 10.0 Å². The van der Waals surface area contributed by atoms with Crippen LogP contribution in [0.15, 0.2) is 18.2 Å². The van der Waals surface area contributed by atoms with E-state index >= 15 is 0 Å². The Labute approximate surface area is 175 Å². The molecule has 0 saturated carbocycles. The monoisotopic (exact) mass is 425 g/mol. The van der Waals surface area contributed by atoms with Crippen LogP contribution in [0, 0.1) is 6.92 Å². The lowest BCUT2D eigenvalue weighted by Gasteiger charge is -2.30.